The van der Waals surface area contributed by atoms with Gasteiger partial charge in [-0.3, -0.25) is 10.1 Å². The molecule has 0 aliphatic heterocycles. The third-order valence-electron chi connectivity index (χ3n) is 7.06. The molecule has 1 saturated carbocycles. The van der Waals surface area contributed by atoms with E-state index in [1.807, 2.05) is 19.9 Å². The van der Waals surface area contributed by atoms with Crippen molar-refractivity contribution in [2.75, 3.05) is 12.3 Å². The Morgan fingerprint density at radius 3 is 2.60 bits per heavy atom. The van der Waals surface area contributed by atoms with E-state index in [4.69, 9.17) is 11.5 Å². The molecule has 0 aromatic heterocycles. The summed E-state index contributed by atoms with van der Waals surface area (Å²) in [7, 11) is 0. The fourth-order valence-electron chi connectivity index (χ4n) is 5.82. The Morgan fingerprint density at radius 1 is 1.36 bits per heavy atom. The van der Waals surface area contributed by atoms with Crippen molar-refractivity contribution in [3.05, 3.63) is 32.9 Å². The molecule has 4 N–H and O–H groups in total. The Bertz CT molecular complexity index is 715. The van der Waals surface area contributed by atoms with E-state index in [1.165, 1.54) is 0 Å². The zero-order valence-electron chi connectivity index (χ0n) is 15.9. The maximum absolute atomic E-state index is 11.9. The molecule has 2 aliphatic carbocycles. The summed E-state index contributed by atoms with van der Waals surface area (Å²) in [5.41, 5.74) is 16.1. The molecule has 1 fully saturated rings. The first-order valence-corrected chi connectivity index (χ1v) is 9.46. The first-order chi connectivity index (χ1) is 11.7. The van der Waals surface area contributed by atoms with Crippen molar-refractivity contribution in [3.63, 3.8) is 0 Å². The zero-order valence-corrected chi connectivity index (χ0v) is 15.9. The molecular weight excluding hydrogens is 314 g/mol. The lowest BCUT2D eigenvalue weighted by Crippen LogP contribution is -2.52. The minimum Gasteiger partial charge on any atom is -0.398 e. The van der Waals surface area contributed by atoms with E-state index in [0.717, 1.165) is 43.2 Å². The molecule has 0 radical (unpaired) electrons. The maximum atomic E-state index is 11.9. The number of nitrogens with zero attached hydrogens (tertiary/aromatic N) is 1. The molecule has 3 atom stereocenters. The van der Waals surface area contributed by atoms with Crippen LogP contribution in [-0.2, 0) is 11.8 Å². The molecule has 0 unspecified atom stereocenters. The quantitative estimate of drug-likeness (QED) is 0.486. The lowest BCUT2D eigenvalue weighted by Gasteiger charge is -2.55. The Balaban J connectivity index is 2.26. The number of hydrogen-bond donors (Lipinski definition) is 2. The fourth-order valence-corrected chi connectivity index (χ4v) is 5.82. The summed E-state index contributed by atoms with van der Waals surface area (Å²) in [5, 5.41) is 11.9. The number of hydrogen-bond acceptors (Lipinski definition) is 4. The number of rotatable bonds is 3. The summed E-state index contributed by atoms with van der Waals surface area (Å²) in [6.45, 7) is 9.20. The molecule has 0 spiro atoms. The molecule has 0 bridgehead atoms. The highest BCUT2D eigenvalue weighted by atomic mass is 16.6. The molecule has 5 nitrogen and oxygen atoms in total. The van der Waals surface area contributed by atoms with Crippen molar-refractivity contribution in [1.29, 1.82) is 0 Å². The van der Waals surface area contributed by atoms with E-state index in [2.05, 4.69) is 13.8 Å². The number of nitro groups is 1. The van der Waals surface area contributed by atoms with Gasteiger partial charge < -0.3 is 11.5 Å². The van der Waals surface area contributed by atoms with E-state index in [0.29, 0.717) is 23.7 Å². The van der Waals surface area contributed by atoms with Crippen molar-refractivity contribution in [2.45, 2.75) is 71.1 Å². The second-order valence-electron chi connectivity index (χ2n) is 8.89. The van der Waals surface area contributed by atoms with Crippen LogP contribution in [0.4, 0.5) is 11.4 Å². The van der Waals surface area contributed by atoms with E-state index in [1.54, 1.807) is 0 Å². The second kappa shape index (κ2) is 5.97. The van der Waals surface area contributed by atoms with Crippen LogP contribution in [0.1, 0.15) is 76.0 Å². The molecule has 25 heavy (non-hydrogen) atoms. The number of anilines is 1. The summed E-state index contributed by atoms with van der Waals surface area (Å²) >= 11 is 0. The molecule has 138 valence electrons. The lowest BCUT2D eigenvalue weighted by molar-refractivity contribution is -0.386. The molecule has 0 heterocycles. The topological polar surface area (TPSA) is 95.2 Å². The minimum atomic E-state index is -0.209. The molecule has 0 amide bonds. The Morgan fingerprint density at radius 2 is 2.04 bits per heavy atom. The number of benzene rings is 1. The average Bonchev–Trinajstić information content (AvgIpc) is 2.53. The third-order valence-corrected chi connectivity index (χ3v) is 7.06. The van der Waals surface area contributed by atoms with Crippen LogP contribution >= 0.6 is 0 Å². The molecule has 5 heteroatoms. The molecule has 1 aromatic rings. The van der Waals surface area contributed by atoms with Crippen LogP contribution in [0.2, 0.25) is 0 Å². The van der Waals surface area contributed by atoms with Crippen LogP contribution in [0.25, 0.3) is 0 Å². The van der Waals surface area contributed by atoms with Gasteiger partial charge in [-0.25, -0.2) is 0 Å². The van der Waals surface area contributed by atoms with Gasteiger partial charge in [0.1, 0.15) is 0 Å². The van der Waals surface area contributed by atoms with Gasteiger partial charge in [0, 0.05) is 11.3 Å². The second-order valence-corrected chi connectivity index (χ2v) is 8.89. The number of nitrogens with two attached hydrogens (primary N) is 2. The lowest BCUT2D eigenvalue weighted by atomic mass is 9.49. The van der Waals surface area contributed by atoms with Crippen LogP contribution in [0, 0.1) is 21.4 Å². The van der Waals surface area contributed by atoms with Crippen molar-refractivity contribution < 1.29 is 4.92 Å². The normalized spacial score (nSPS) is 31.5. The highest BCUT2D eigenvalue weighted by Crippen LogP contribution is 2.58. The fraction of sp³-hybridized carbons (Fsp3) is 0.700. The van der Waals surface area contributed by atoms with Gasteiger partial charge in [0.25, 0.3) is 5.69 Å². The highest BCUT2D eigenvalue weighted by Gasteiger charge is 2.52. The van der Waals surface area contributed by atoms with Gasteiger partial charge in [0.2, 0.25) is 0 Å². The summed E-state index contributed by atoms with van der Waals surface area (Å²) < 4.78 is 0. The van der Waals surface area contributed by atoms with Gasteiger partial charge in [-0.15, -0.1) is 0 Å². The molecule has 0 saturated heterocycles. The van der Waals surface area contributed by atoms with Crippen LogP contribution < -0.4 is 11.5 Å². The number of nitrogen functional groups attached to an aromatic ring is 1. The van der Waals surface area contributed by atoms with Gasteiger partial charge in [-0.1, -0.05) is 34.1 Å². The van der Waals surface area contributed by atoms with Gasteiger partial charge in [0.05, 0.1) is 10.5 Å². The average molecular weight is 345 g/mol. The van der Waals surface area contributed by atoms with E-state index >= 15 is 0 Å². The van der Waals surface area contributed by atoms with Crippen molar-refractivity contribution in [1.82, 2.24) is 0 Å². The van der Waals surface area contributed by atoms with E-state index in [-0.39, 0.29) is 27.4 Å². The first-order valence-electron chi connectivity index (χ1n) is 9.46. The summed E-state index contributed by atoms with van der Waals surface area (Å²) in [6, 6.07) is 2.05. The predicted octanol–water partition coefficient (Wildman–Crippen LogP) is 4.27. The summed E-state index contributed by atoms with van der Waals surface area (Å²) in [5.74, 6) is 0.493. The first kappa shape index (κ1) is 18.2. The van der Waals surface area contributed by atoms with Gasteiger partial charge in [0.15, 0.2) is 0 Å². The maximum Gasteiger partial charge on any atom is 0.278 e. The van der Waals surface area contributed by atoms with Gasteiger partial charge in [-0.2, -0.15) is 0 Å². The Labute approximate surface area is 150 Å². The smallest absolute Gasteiger partial charge is 0.278 e. The van der Waals surface area contributed by atoms with Crippen LogP contribution in [0.15, 0.2) is 6.07 Å². The molecular formula is C20H31N3O2. The number of fused-ring (bicyclic) bond motifs is 3. The monoisotopic (exact) mass is 345 g/mol. The standard InChI is InChI=1S/C20H31N3O2/c1-12(2)17-15(22)10-14-13(18(17)23(24)25)6-7-16-19(3,11-21)8-5-9-20(14,16)4/h10,12,16H,5-9,11,21-22H2,1-4H3/t16-,19-,20+/m0/s1. The third kappa shape index (κ3) is 2.55. The Kier molecular flexibility index (Phi) is 4.34. The van der Waals surface area contributed by atoms with Crippen molar-refractivity contribution in [3.8, 4) is 0 Å². The predicted molar refractivity (Wildman–Crippen MR) is 102 cm³/mol. The van der Waals surface area contributed by atoms with Gasteiger partial charge in [-0.05, 0) is 66.5 Å². The SMILES string of the molecule is CC(C)c1c(N)cc2c(c1[N+](=O)[O-])CC[C@H]1[C@](C)(CN)CCC[C@]21C. The molecule has 1 aromatic carbocycles. The van der Waals surface area contributed by atoms with Gasteiger partial charge >= 0.3 is 0 Å². The summed E-state index contributed by atoms with van der Waals surface area (Å²) in [6.07, 6.45) is 5.03. The largest absolute Gasteiger partial charge is 0.398 e. The summed E-state index contributed by atoms with van der Waals surface area (Å²) in [4.78, 5) is 11.7. The van der Waals surface area contributed by atoms with Crippen LogP contribution in [-0.4, -0.2) is 11.5 Å². The van der Waals surface area contributed by atoms with Crippen LogP contribution in [0.3, 0.4) is 0 Å². The van der Waals surface area contributed by atoms with Crippen molar-refractivity contribution in [2.24, 2.45) is 17.1 Å². The number of nitro benzene ring substituents is 1. The van der Waals surface area contributed by atoms with E-state index < -0.39 is 0 Å². The van der Waals surface area contributed by atoms with Crippen LogP contribution in [0.5, 0.6) is 0 Å². The molecule has 3 rings (SSSR count). The zero-order chi connectivity index (χ0) is 18.6. The highest BCUT2D eigenvalue weighted by molar-refractivity contribution is 5.68. The Hall–Kier alpha value is -1.62. The van der Waals surface area contributed by atoms with Crippen molar-refractivity contribution >= 4 is 11.4 Å². The minimum absolute atomic E-state index is 0.0388. The molecule has 2 aliphatic rings. The van der Waals surface area contributed by atoms with E-state index in [9.17, 15) is 10.1 Å².